The van der Waals surface area contributed by atoms with Crippen LogP contribution in [0.1, 0.15) is 33.3 Å². The van der Waals surface area contributed by atoms with Gasteiger partial charge >= 0.3 is 0 Å². The molecule has 2 aliphatic rings. The Morgan fingerprint density at radius 3 is 2.47 bits per heavy atom. The molecule has 0 amide bonds. The van der Waals surface area contributed by atoms with Crippen LogP contribution in [0.5, 0.6) is 5.75 Å². The van der Waals surface area contributed by atoms with E-state index in [1.807, 2.05) is 6.07 Å². The lowest BCUT2D eigenvalue weighted by Crippen LogP contribution is -2.69. The summed E-state index contributed by atoms with van der Waals surface area (Å²) in [6.45, 7) is 9.02. The number of phenols is 1. The molecule has 1 aromatic rings. The standard InChI is InChI=1S/C15H20O4/c1-10(2)14-13(3,4)9-17-15(14,19-18-14)11-6-5-7-12(16)8-11/h5-8,10,16H,9H2,1-4H3. The Morgan fingerprint density at radius 2 is 1.95 bits per heavy atom. The summed E-state index contributed by atoms with van der Waals surface area (Å²) in [7, 11) is 0. The van der Waals surface area contributed by atoms with E-state index in [-0.39, 0.29) is 17.1 Å². The molecule has 1 aromatic carbocycles. The molecule has 2 aliphatic heterocycles. The van der Waals surface area contributed by atoms with Crippen molar-refractivity contribution in [3.8, 4) is 5.75 Å². The third-order valence-electron chi connectivity index (χ3n) is 4.46. The summed E-state index contributed by atoms with van der Waals surface area (Å²) in [5.41, 5.74) is 0.108. The van der Waals surface area contributed by atoms with Gasteiger partial charge < -0.3 is 9.84 Å². The van der Waals surface area contributed by atoms with Crippen molar-refractivity contribution in [3.63, 3.8) is 0 Å². The highest BCUT2D eigenvalue weighted by molar-refractivity contribution is 5.36. The van der Waals surface area contributed by atoms with Crippen molar-refractivity contribution in [3.05, 3.63) is 29.8 Å². The minimum atomic E-state index is -0.913. The van der Waals surface area contributed by atoms with Crippen molar-refractivity contribution < 1.29 is 19.6 Å². The summed E-state index contributed by atoms with van der Waals surface area (Å²) >= 11 is 0. The number of hydrogen-bond donors (Lipinski definition) is 1. The Balaban J connectivity index is 2.15. The van der Waals surface area contributed by atoms with Crippen LogP contribution in [-0.4, -0.2) is 17.3 Å². The molecule has 104 valence electrons. The molecule has 3 rings (SSSR count). The van der Waals surface area contributed by atoms with Gasteiger partial charge in [-0.15, -0.1) is 0 Å². The molecule has 1 N–H and O–H groups in total. The van der Waals surface area contributed by atoms with Crippen molar-refractivity contribution in [2.24, 2.45) is 11.3 Å². The number of phenolic OH excluding ortho intramolecular Hbond substituents is 1. The van der Waals surface area contributed by atoms with Crippen LogP contribution in [0.3, 0.4) is 0 Å². The zero-order chi connectivity index (χ0) is 13.9. The maximum atomic E-state index is 9.70. The fourth-order valence-electron chi connectivity index (χ4n) is 3.60. The minimum Gasteiger partial charge on any atom is -0.508 e. The van der Waals surface area contributed by atoms with Crippen LogP contribution < -0.4 is 0 Å². The molecule has 2 saturated heterocycles. The van der Waals surface area contributed by atoms with Crippen molar-refractivity contribution in [2.75, 3.05) is 6.61 Å². The Labute approximate surface area is 113 Å². The molecule has 2 unspecified atom stereocenters. The van der Waals surface area contributed by atoms with Gasteiger partial charge in [0.05, 0.1) is 6.61 Å². The molecule has 4 heteroatoms. The Kier molecular flexibility index (Phi) is 2.53. The van der Waals surface area contributed by atoms with Crippen molar-refractivity contribution in [1.82, 2.24) is 0 Å². The number of benzene rings is 1. The first-order valence-corrected chi connectivity index (χ1v) is 6.66. The third-order valence-corrected chi connectivity index (χ3v) is 4.46. The van der Waals surface area contributed by atoms with E-state index in [1.54, 1.807) is 18.2 Å². The number of ether oxygens (including phenoxy) is 1. The fraction of sp³-hybridized carbons (Fsp3) is 0.600. The second-order valence-corrected chi connectivity index (χ2v) is 6.40. The lowest BCUT2D eigenvalue weighted by molar-refractivity contribution is -0.618. The maximum absolute atomic E-state index is 9.70. The van der Waals surface area contributed by atoms with Gasteiger partial charge in [0.15, 0.2) is 5.60 Å². The van der Waals surface area contributed by atoms with Gasteiger partial charge in [0.1, 0.15) is 5.75 Å². The lowest BCUT2D eigenvalue weighted by atomic mass is 9.64. The fourth-order valence-corrected chi connectivity index (χ4v) is 3.60. The molecular formula is C15H20O4. The average molecular weight is 264 g/mol. The highest BCUT2D eigenvalue weighted by Gasteiger charge is 2.78. The van der Waals surface area contributed by atoms with E-state index in [1.165, 1.54) is 0 Å². The van der Waals surface area contributed by atoms with Gasteiger partial charge in [0.25, 0.3) is 5.79 Å². The van der Waals surface area contributed by atoms with Crippen molar-refractivity contribution in [2.45, 2.75) is 39.1 Å². The summed E-state index contributed by atoms with van der Waals surface area (Å²) in [6, 6.07) is 7.01. The van der Waals surface area contributed by atoms with Crippen LogP contribution in [0.25, 0.3) is 0 Å². The molecule has 19 heavy (non-hydrogen) atoms. The summed E-state index contributed by atoms with van der Waals surface area (Å²) in [5, 5.41) is 9.70. The monoisotopic (exact) mass is 264 g/mol. The minimum absolute atomic E-state index is 0.162. The van der Waals surface area contributed by atoms with Crippen LogP contribution in [0.4, 0.5) is 0 Å². The Hall–Kier alpha value is -1.10. The Bertz CT molecular complexity index is 511. The highest BCUT2D eigenvalue weighted by Crippen LogP contribution is 2.65. The Morgan fingerprint density at radius 1 is 1.21 bits per heavy atom. The average Bonchev–Trinajstić information content (AvgIpc) is 2.42. The van der Waals surface area contributed by atoms with Gasteiger partial charge in [0.2, 0.25) is 0 Å². The van der Waals surface area contributed by atoms with E-state index < -0.39 is 11.4 Å². The molecule has 0 aromatic heterocycles. The van der Waals surface area contributed by atoms with Gasteiger partial charge in [0, 0.05) is 11.0 Å². The summed E-state index contributed by atoms with van der Waals surface area (Å²) in [5.74, 6) is -0.488. The van der Waals surface area contributed by atoms with Crippen LogP contribution in [-0.2, 0) is 20.3 Å². The van der Waals surface area contributed by atoms with Gasteiger partial charge in [-0.3, -0.25) is 0 Å². The number of fused-ring (bicyclic) bond motifs is 1. The number of hydrogen-bond acceptors (Lipinski definition) is 4. The molecule has 0 aliphatic carbocycles. The van der Waals surface area contributed by atoms with E-state index in [2.05, 4.69) is 27.7 Å². The van der Waals surface area contributed by atoms with Gasteiger partial charge in [-0.05, 0) is 18.1 Å². The van der Waals surface area contributed by atoms with E-state index in [9.17, 15) is 5.11 Å². The number of aromatic hydroxyl groups is 1. The predicted octanol–water partition coefficient (Wildman–Crippen LogP) is 2.96. The van der Waals surface area contributed by atoms with Gasteiger partial charge in [-0.25, -0.2) is 4.89 Å². The van der Waals surface area contributed by atoms with E-state index in [0.717, 1.165) is 5.56 Å². The quantitative estimate of drug-likeness (QED) is 0.834. The predicted molar refractivity (Wildman–Crippen MR) is 69.3 cm³/mol. The first-order valence-electron chi connectivity index (χ1n) is 6.66. The SMILES string of the molecule is CC(C)C12OOC1(c1cccc(O)c1)OCC2(C)C. The smallest absolute Gasteiger partial charge is 0.261 e. The van der Waals surface area contributed by atoms with Crippen LogP contribution in [0.15, 0.2) is 24.3 Å². The summed E-state index contributed by atoms with van der Waals surface area (Å²) in [4.78, 5) is 11.1. The second kappa shape index (κ2) is 3.72. The molecule has 0 bridgehead atoms. The van der Waals surface area contributed by atoms with Crippen LogP contribution in [0, 0.1) is 11.3 Å². The number of rotatable bonds is 2. The molecule has 0 spiro atoms. The largest absolute Gasteiger partial charge is 0.508 e. The zero-order valence-electron chi connectivity index (χ0n) is 11.8. The second-order valence-electron chi connectivity index (χ2n) is 6.40. The maximum Gasteiger partial charge on any atom is 0.261 e. The highest BCUT2D eigenvalue weighted by atomic mass is 17.3. The van der Waals surface area contributed by atoms with Gasteiger partial charge in [-0.1, -0.05) is 39.8 Å². The molecule has 2 atom stereocenters. The zero-order valence-corrected chi connectivity index (χ0v) is 11.8. The van der Waals surface area contributed by atoms with Crippen molar-refractivity contribution in [1.29, 1.82) is 0 Å². The first kappa shape index (κ1) is 12.9. The lowest BCUT2D eigenvalue weighted by Gasteiger charge is -2.57. The van der Waals surface area contributed by atoms with E-state index >= 15 is 0 Å². The van der Waals surface area contributed by atoms with Gasteiger partial charge in [-0.2, -0.15) is 4.89 Å². The molecule has 2 heterocycles. The first-order chi connectivity index (χ1) is 8.86. The van der Waals surface area contributed by atoms with Crippen LogP contribution >= 0.6 is 0 Å². The molecule has 0 saturated carbocycles. The topological polar surface area (TPSA) is 47.9 Å². The summed E-state index contributed by atoms with van der Waals surface area (Å²) < 4.78 is 6.00. The molecular weight excluding hydrogens is 244 g/mol. The van der Waals surface area contributed by atoms with E-state index in [4.69, 9.17) is 14.5 Å². The molecule has 2 fully saturated rings. The van der Waals surface area contributed by atoms with Crippen LogP contribution in [0.2, 0.25) is 0 Å². The normalized spacial score (nSPS) is 36.1. The summed E-state index contributed by atoms with van der Waals surface area (Å²) in [6.07, 6.45) is 0. The molecule has 4 nitrogen and oxygen atoms in total. The third kappa shape index (κ3) is 1.34. The van der Waals surface area contributed by atoms with Crippen molar-refractivity contribution >= 4 is 0 Å². The molecule has 0 radical (unpaired) electrons. The van der Waals surface area contributed by atoms with E-state index in [0.29, 0.717) is 6.61 Å².